The summed E-state index contributed by atoms with van der Waals surface area (Å²) in [5.74, 6) is 0.786. The van der Waals surface area contributed by atoms with E-state index < -0.39 is 10.0 Å². The summed E-state index contributed by atoms with van der Waals surface area (Å²) in [6.45, 7) is 5.87. The molecule has 1 aromatic carbocycles. The number of hydrogen-bond acceptors (Lipinski definition) is 4. The van der Waals surface area contributed by atoms with Crippen LogP contribution in [0.25, 0.3) is 6.08 Å². The largest absolute Gasteiger partial charge is 0.377 e. The van der Waals surface area contributed by atoms with Gasteiger partial charge in [-0.05, 0) is 44.6 Å². The van der Waals surface area contributed by atoms with Crippen molar-refractivity contribution in [3.8, 4) is 0 Å². The van der Waals surface area contributed by atoms with Crippen molar-refractivity contribution in [3.05, 3.63) is 41.5 Å². The van der Waals surface area contributed by atoms with Crippen LogP contribution in [0.15, 0.2) is 40.9 Å². The predicted octanol–water partition coefficient (Wildman–Crippen LogP) is 2.62. The third kappa shape index (κ3) is 8.27. The zero-order valence-electron chi connectivity index (χ0n) is 18.6. The molecule has 2 saturated heterocycles. The molecule has 3 rings (SSSR count). The Labute approximate surface area is 187 Å². The molecule has 172 valence electrons. The van der Waals surface area contributed by atoms with Gasteiger partial charge in [-0.2, -0.15) is 0 Å². The Kier molecular flexibility index (Phi) is 9.36. The highest BCUT2D eigenvalue weighted by molar-refractivity contribution is 7.89. The van der Waals surface area contributed by atoms with E-state index in [1.54, 1.807) is 0 Å². The lowest BCUT2D eigenvalue weighted by Gasteiger charge is -2.31. The molecule has 0 amide bonds. The Morgan fingerprint density at radius 1 is 1.23 bits per heavy atom. The molecule has 2 N–H and O–H groups in total. The van der Waals surface area contributed by atoms with Gasteiger partial charge >= 0.3 is 0 Å². The van der Waals surface area contributed by atoms with Crippen LogP contribution in [0.1, 0.15) is 44.6 Å². The molecule has 8 heteroatoms. The lowest BCUT2D eigenvalue weighted by molar-refractivity contribution is 0.0200. The van der Waals surface area contributed by atoms with E-state index in [0.29, 0.717) is 6.54 Å². The Morgan fingerprint density at radius 2 is 2.00 bits per heavy atom. The Hall–Kier alpha value is -1.90. The normalized spacial score (nSPS) is 20.5. The topological polar surface area (TPSA) is 83.0 Å². The quantitative estimate of drug-likeness (QED) is 0.472. The Bertz CT molecular complexity index is 824. The molecule has 1 atom stereocenters. The number of guanidine groups is 1. The SMILES string of the molecule is CCNC(=NCCS(=O)(=O)NCC1CCCCO1)N1CCC(=Cc2ccccc2)CC1. The highest BCUT2D eigenvalue weighted by Gasteiger charge is 2.19. The molecular weight excluding hydrogens is 412 g/mol. The van der Waals surface area contributed by atoms with Gasteiger partial charge in [0.15, 0.2) is 5.96 Å². The second-order valence-corrected chi connectivity index (χ2v) is 10.0. The van der Waals surface area contributed by atoms with Crippen molar-refractivity contribution in [1.29, 1.82) is 0 Å². The van der Waals surface area contributed by atoms with E-state index >= 15 is 0 Å². The molecule has 31 heavy (non-hydrogen) atoms. The number of aliphatic imine (C=N–C) groups is 1. The third-order valence-electron chi connectivity index (χ3n) is 5.64. The molecule has 0 aromatic heterocycles. The number of ether oxygens (including phenoxy) is 1. The zero-order chi connectivity index (χ0) is 21.9. The van der Waals surface area contributed by atoms with Crippen LogP contribution < -0.4 is 10.0 Å². The summed E-state index contributed by atoms with van der Waals surface area (Å²) in [5, 5.41) is 3.31. The smallest absolute Gasteiger partial charge is 0.213 e. The van der Waals surface area contributed by atoms with Crippen LogP contribution in [-0.4, -0.2) is 70.5 Å². The highest BCUT2D eigenvalue weighted by Crippen LogP contribution is 2.19. The van der Waals surface area contributed by atoms with Gasteiger partial charge in [0.2, 0.25) is 10.0 Å². The average Bonchev–Trinajstić information content (AvgIpc) is 2.79. The molecule has 7 nitrogen and oxygen atoms in total. The standard InChI is InChI=1S/C23H36N4O3S/c1-2-24-23(25-13-17-31(28,29)26-19-22-10-6-7-16-30-22)27-14-11-21(12-15-27)18-20-8-4-3-5-9-20/h3-5,8-9,18,22,26H,2,6-7,10-17,19H2,1H3,(H,24,25). The van der Waals surface area contributed by atoms with Crippen molar-refractivity contribution < 1.29 is 13.2 Å². The van der Waals surface area contributed by atoms with Gasteiger partial charge in [-0.25, -0.2) is 13.1 Å². The fourth-order valence-electron chi connectivity index (χ4n) is 3.89. The van der Waals surface area contributed by atoms with Crippen molar-refractivity contribution in [3.63, 3.8) is 0 Å². The molecule has 2 aliphatic rings. The van der Waals surface area contributed by atoms with Crippen LogP contribution in [0.3, 0.4) is 0 Å². The fourth-order valence-corrected chi connectivity index (χ4v) is 4.81. The number of piperidine rings is 1. The number of hydrogen-bond donors (Lipinski definition) is 2. The minimum atomic E-state index is -3.36. The Balaban J connectivity index is 1.47. The maximum absolute atomic E-state index is 12.3. The van der Waals surface area contributed by atoms with E-state index in [4.69, 9.17) is 4.74 Å². The van der Waals surface area contributed by atoms with Gasteiger partial charge in [0.25, 0.3) is 0 Å². The highest BCUT2D eigenvalue weighted by atomic mass is 32.2. The van der Waals surface area contributed by atoms with Crippen molar-refractivity contribution >= 4 is 22.1 Å². The van der Waals surface area contributed by atoms with Gasteiger partial charge < -0.3 is 15.0 Å². The van der Waals surface area contributed by atoms with Crippen molar-refractivity contribution in [1.82, 2.24) is 14.9 Å². The summed E-state index contributed by atoms with van der Waals surface area (Å²) >= 11 is 0. The minimum absolute atomic E-state index is 0.00386. The molecule has 1 unspecified atom stereocenters. The monoisotopic (exact) mass is 448 g/mol. The number of likely N-dealkylation sites (tertiary alicyclic amines) is 1. The van der Waals surface area contributed by atoms with E-state index in [0.717, 1.165) is 64.3 Å². The van der Waals surface area contributed by atoms with E-state index in [1.807, 2.05) is 13.0 Å². The first-order valence-corrected chi connectivity index (χ1v) is 13.1. The van der Waals surface area contributed by atoms with Gasteiger partial charge in [-0.3, -0.25) is 4.99 Å². The zero-order valence-corrected chi connectivity index (χ0v) is 19.4. The fraction of sp³-hybridized carbons (Fsp3) is 0.609. The molecule has 2 heterocycles. The summed E-state index contributed by atoms with van der Waals surface area (Å²) in [5.41, 5.74) is 2.68. The number of nitrogens with zero attached hydrogens (tertiary/aromatic N) is 2. The molecule has 2 aliphatic heterocycles. The number of sulfonamides is 1. The average molecular weight is 449 g/mol. The molecular formula is C23H36N4O3S. The first-order valence-electron chi connectivity index (χ1n) is 11.4. The van der Waals surface area contributed by atoms with Crippen LogP contribution in [0.4, 0.5) is 0 Å². The van der Waals surface area contributed by atoms with Gasteiger partial charge in [-0.15, -0.1) is 0 Å². The summed E-state index contributed by atoms with van der Waals surface area (Å²) < 4.78 is 32.9. The summed E-state index contributed by atoms with van der Waals surface area (Å²) in [4.78, 5) is 6.81. The molecule has 2 fully saturated rings. The molecule has 0 spiro atoms. The van der Waals surface area contributed by atoms with Crippen LogP contribution in [0, 0.1) is 0 Å². The number of rotatable bonds is 8. The number of benzene rings is 1. The maximum atomic E-state index is 12.3. The van der Waals surface area contributed by atoms with E-state index in [2.05, 4.69) is 50.3 Å². The first-order chi connectivity index (χ1) is 15.1. The predicted molar refractivity (Wildman–Crippen MR) is 127 cm³/mol. The molecule has 0 saturated carbocycles. The van der Waals surface area contributed by atoms with Crippen molar-refractivity contribution in [2.45, 2.75) is 45.1 Å². The third-order valence-corrected chi connectivity index (χ3v) is 6.96. The first kappa shape index (κ1) is 23.8. The van der Waals surface area contributed by atoms with Gasteiger partial charge in [0.1, 0.15) is 0 Å². The molecule has 0 aliphatic carbocycles. The van der Waals surface area contributed by atoms with Gasteiger partial charge in [-0.1, -0.05) is 42.0 Å². The van der Waals surface area contributed by atoms with Crippen LogP contribution in [0.2, 0.25) is 0 Å². The van der Waals surface area contributed by atoms with E-state index in [9.17, 15) is 8.42 Å². The summed E-state index contributed by atoms with van der Waals surface area (Å²) in [6.07, 6.45) is 7.32. The minimum Gasteiger partial charge on any atom is -0.377 e. The van der Waals surface area contributed by atoms with Gasteiger partial charge in [0, 0.05) is 32.8 Å². The lowest BCUT2D eigenvalue weighted by Crippen LogP contribution is -2.45. The Morgan fingerprint density at radius 3 is 2.68 bits per heavy atom. The van der Waals surface area contributed by atoms with E-state index in [1.165, 1.54) is 11.1 Å². The van der Waals surface area contributed by atoms with Crippen LogP contribution in [0.5, 0.6) is 0 Å². The lowest BCUT2D eigenvalue weighted by atomic mass is 10.0. The summed E-state index contributed by atoms with van der Waals surface area (Å²) in [6, 6.07) is 10.4. The summed E-state index contributed by atoms with van der Waals surface area (Å²) in [7, 11) is -3.36. The number of nitrogens with one attached hydrogen (secondary N) is 2. The molecule has 0 radical (unpaired) electrons. The maximum Gasteiger partial charge on any atom is 0.213 e. The molecule has 0 bridgehead atoms. The van der Waals surface area contributed by atoms with Crippen molar-refractivity contribution in [2.75, 3.05) is 45.1 Å². The van der Waals surface area contributed by atoms with Crippen LogP contribution >= 0.6 is 0 Å². The van der Waals surface area contributed by atoms with Crippen LogP contribution in [-0.2, 0) is 14.8 Å². The second kappa shape index (κ2) is 12.2. The second-order valence-electron chi connectivity index (χ2n) is 8.09. The van der Waals surface area contributed by atoms with Gasteiger partial charge in [0.05, 0.1) is 18.4 Å². The van der Waals surface area contributed by atoms with Crippen molar-refractivity contribution in [2.24, 2.45) is 4.99 Å². The molecule has 1 aromatic rings. The van der Waals surface area contributed by atoms with E-state index in [-0.39, 0.29) is 18.4 Å².